The predicted molar refractivity (Wildman–Crippen MR) is 93.6 cm³/mol. The zero-order valence-electron chi connectivity index (χ0n) is 14.7. The summed E-state index contributed by atoms with van der Waals surface area (Å²) in [5.74, 6) is -2.25. The number of nitrogens with zero attached hydrogens (tertiary/aromatic N) is 3. The standard InChI is InChI=1S/C19H19N3O5/c23-15-8-9-16(24)21(15)11-17(25)22-13-6-2-1-5-12(13)18(26)20-10-4-3-7-14(20)19(22)27/h1-2,5-6,14H,3-4,7-11H2. The van der Waals surface area contributed by atoms with E-state index < -0.39 is 36.2 Å². The van der Waals surface area contributed by atoms with Gasteiger partial charge in [0.05, 0.1) is 11.3 Å². The fourth-order valence-corrected chi connectivity index (χ4v) is 3.97. The Bertz CT molecular complexity index is 849. The molecule has 1 aromatic carbocycles. The largest absolute Gasteiger partial charge is 0.327 e. The number of anilines is 1. The van der Waals surface area contributed by atoms with Crippen LogP contribution in [0.2, 0.25) is 0 Å². The van der Waals surface area contributed by atoms with E-state index in [1.54, 1.807) is 24.3 Å². The maximum absolute atomic E-state index is 13.2. The molecule has 27 heavy (non-hydrogen) atoms. The van der Waals surface area contributed by atoms with Crippen molar-refractivity contribution in [3.05, 3.63) is 29.8 Å². The van der Waals surface area contributed by atoms with Gasteiger partial charge in [-0.3, -0.25) is 28.9 Å². The van der Waals surface area contributed by atoms with Crippen molar-refractivity contribution in [3.8, 4) is 0 Å². The van der Waals surface area contributed by atoms with Gasteiger partial charge in [-0.15, -0.1) is 0 Å². The molecule has 0 bridgehead atoms. The predicted octanol–water partition coefficient (Wildman–Crippen LogP) is 0.704. The summed E-state index contributed by atoms with van der Waals surface area (Å²) in [6.07, 6.45) is 2.24. The van der Waals surface area contributed by atoms with Gasteiger partial charge in [-0.25, -0.2) is 4.90 Å². The average Bonchev–Trinajstić information content (AvgIpc) is 2.95. The van der Waals surface area contributed by atoms with Gasteiger partial charge >= 0.3 is 0 Å². The average molecular weight is 369 g/mol. The number of hydrogen-bond acceptors (Lipinski definition) is 5. The Balaban J connectivity index is 1.73. The van der Waals surface area contributed by atoms with Crippen molar-refractivity contribution >= 4 is 35.2 Å². The van der Waals surface area contributed by atoms with Gasteiger partial charge in [-0.1, -0.05) is 12.1 Å². The van der Waals surface area contributed by atoms with Crippen LogP contribution >= 0.6 is 0 Å². The second-order valence-corrected chi connectivity index (χ2v) is 6.97. The number of benzene rings is 1. The number of hydrogen-bond donors (Lipinski definition) is 0. The molecule has 0 saturated carbocycles. The van der Waals surface area contributed by atoms with E-state index in [-0.39, 0.29) is 30.0 Å². The third kappa shape index (κ3) is 2.81. The second kappa shape index (κ2) is 6.61. The summed E-state index contributed by atoms with van der Waals surface area (Å²) in [4.78, 5) is 66.3. The number of carbonyl (C=O) groups is 5. The molecular formula is C19H19N3O5. The zero-order chi connectivity index (χ0) is 19.1. The molecular weight excluding hydrogens is 350 g/mol. The lowest BCUT2D eigenvalue weighted by Gasteiger charge is -2.34. The lowest BCUT2D eigenvalue weighted by Crippen LogP contribution is -2.53. The van der Waals surface area contributed by atoms with Crippen molar-refractivity contribution < 1.29 is 24.0 Å². The smallest absolute Gasteiger partial charge is 0.256 e. The van der Waals surface area contributed by atoms with E-state index in [0.717, 1.165) is 22.6 Å². The highest BCUT2D eigenvalue weighted by Gasteiger charge is 2.43. The van der Waals surface area contributed by atoms with E-state index in [2.05, 4.69) is 0 Å². The van der Waals surface area contributed by atoms with Gasteiger partial charge < -0.3 is 4.90 Å². The lowest BCUT2D eigenvalue weighted by molar-refractivity contribution is -0.143. The molecule has 3 aliphatic rings. The molecule has 4 rings (SSSR count). The van der Waals surface area contributed by atoms with Crippen LogP contribution in [0.1, 0.15) is 42.5 Å². The molecule has 2 saturated heterocycles. The molecule has 1 aromatic rings. The van der Waals surface area contributed by atoms with E-state index in [9.17, 15) is 24.0 Å². The van der Waals surface area contributed by atoms with Crippen LogP contribution < -0.4 is 4.90 Å². The van der Waals surface area contributed by atoms with Crippen molar-refractivity contribution in [2.24, 2.45) is 0 Å². The quantitative estimate of drug-likeness (QED) is 0.716. The number of fused-ring (bicyclic) bond motifs is 2. The van der Waals surface area contributed by atoms with Gasteiger partial charge in [0.25, 0.3) is 17.7 Å². The van der Waals surface area contributed by atoms with Gasteiger partial charge in [-0.05, 0) is 31.4 Å². The maximum Gasteiger partial charge on any atom is 0.256 e. The van der Waals surface area contributed by atoms with Crippen molar-refractivity contribution in [1.82, 2.24) is 9.80 Å². The normalized spacial score (nSPS) is 22.7. The first-order valence-electron chi connectivity index (χ1n) is 9.09. The molecule has 1 unspecified atom stereocenters. The minimum atomic E-state index is -0.701. The summed E-state index contributed by atoms with van der Waals surface area (Å²) < 4.78 is 0. The number of rotatable bonds is 2. The van der Waals surface area contributed by atoms with Crippen LogP contribution in [0.25, 0.3) is 0 Å². The Morgan fingerprint density at radius 3 is 2.44 bits per heavy atom. The number of amides is 5. The summed E-state index contributed by atoms with van der Waals surface area (Å²) in [5.41, 5.74) is 0.494. The van der Waals surface area contributed by atoms with Crippen molar-refractivity contribution in [3.63, 3.8) is 0 Å². The molecule has 0 aliphatic carbocycles. The molecule has 140 valence electrons. The minimum Gasteiger partial charge on any atom is -0.327 e. The topological polar surface area (TPSA) is 95.1 Å². The number of likely N-dealkylation sites (tertiary alicyclic amines) is 1. The van der Waals surface area contributed by atoms with Crippen molar-refractivity contribution in [2.45, 2.75) is 38.1 Å². The van der Waals surface area contributed by atoms with Gasteiger partial charge in [0.15, 0.2) is 0 Å². The monoisotopic (exact) mass is 369 g/mol. The SMILES string of the molecule is O=C1CCC(=O)N1CC(=O)N1C(=O)C2CCCCN2C(=O)c2ccccc21. The Kier molecular flexibility index (Phi) is 4.25. The lowest BCUT2D eigenvalue weighted by atomic mass is 10.0. The molecule has 0 aromatic heterocycles. The molecule has 8 nitrogen and oxygen atoms in total. The van der Waals surface area contributed by atoms with Crippen LogP contribution in [0.3, 0.4) is 0 Å². The van der Waals surface area contributed by atoms with Gasteiger partial charge in [0.1, 0.15) is 12.6 Å². The van der Waals surface area contributed by atoms with E-state index in [4.69, 9.17) is 0 Å². The summed E-state index contributed by atoms with van der Waals surface area (Å²) >= 11 is 0. The summed E-state index contributed by atoms with van der Waals surface area (Å²) in [6, 6.07) is 5.77. The molecule has 3 heterocycles. The summed E-state index contributed by atoms with van der Waals surface area (Å²) in [7, 11) is 0. The van der Waals surface area contributed by atoms with Crippen LogP contribution in [0, 0.1) is 0 Å². The highest BCUT2D eigenvalue weighted by atomic mass is 16.2. The van der Waals surface area contributed by atoms with Gasteiger partial charge in [-0.2, -0.15) is 0 Å². The number of piperidine rings is 1. The Morgan fingerprint density at radius 1 is 1.00 bits per heavy atom. The number of para-hydroxylation sites is 1. The minimum absolute atomic E-state index is 0.0749. The van der Waals surface area contributed by atoms with E-state index in [1.165, 1.54) is 4.90 Å². The van der Waals surface area contributed by atoms with Crippen LogP contribution in [-0.2, 0) is 19.2 Å². The fraction of sp³-hybridized carbons (Fsp3) is 0.421. The molecule has 2 fully saturated rings. The number of imide groups is 2. The molecule has 0 N–H and O–H groups in total. The van der Waals surface area contributed by atoms with E-state index in [1.807, 2.05) is 0 Å². The Hall–Kier alpha value is -3.03. The van der Waals surface area contributed by atoms with Crippen LogP contribution in [0.15, 0.2) is 24.3 Å². The number of carbonyl (C=O) groups excluding carboxylic acids is 5. The van der Waals surface area contributed by atoms with E-state index >= 15 is 0 Å². The molecule has 0 radical (unpaired) electrons. The first-order valence-corrected chi connectivity index (χ1v) is 9.09. The Labute approximate surface area is 155 Å². The highest BCUT2D eigenvalue weighted by Crippen LogP contribution is 2.32. The van der Waals surface area contributed by atoms with Crippen molar-refractivity contribution in [2.75, 3.05) is 18.0 Å². The molecule has 3 aliphatic heterocycles. The van der Waals surface area contributed by atoms with Crippen LogP contribution in [-0.4, -0.2) is 58.5 Å². The third-order valence-corrected chi connectivity index (χ3v) is 5.34. The molecule has 1 atom stereocenters. The molecule has 8 heteroatoms. The first-order chi connectivity index (χ1) is 13.0. The second-order valence-electron chi connectivity index (χ2n) is 6.97. The third-order valence-electron chi connectivity index (χ3n) is 5.34. The van der Waals surface area contributed by atoms with Crippen molar-refractivity contribution in [1.29, 1.82) is 0 Å². The molecule has 5 amide bonds. The van der Waals surface area contributed by atoms with E-state index in [0.29, 0.717) is 13.0 Å². The fourth-order valence-electron chi connectivity index (χ4n) is 3.97. The van der Waals surface area contributed by atoms with Gasteiger partial charge in [0, 0.05) is 19.4 Å². The summed E-state index contributed by atoms with van der Waals surface area (Å²) in [6.45, 7) is -0.0205. The maximum atomic E-state index is 13.2. The summed E-state index contributed by atoms with van der Waals surface area (Å²) in [5, 5.41) is 0. The molecule has 0 spiro atoms. The van der Waals surface area contributed by atoms with Gasteiger partial charge in [0.2, 0.25) is 11.8 Å². The highest BCUT2D eigenvalue weighted by molar-refractivity contribution is 6.23. The van der Waals surface area contributed by atoms with Crippen LogP contribution in [0.4, 0.5) is 5.69 Å². The van der Waals surface area contributed by atoms with Crippen LogP contribution in [0.5, 0.6) is 0 Å². The zero-order valence-corrected chi connectivity index (χ0v) is 14.7. The Morgan fingerprint density at radius 2 is 1.70 bits per heavy atom. The first kappa shape index (κ1) is 17.4.